The number of halogens is 3. The molecule has 0 amide bonds. The van der Waals surface area contributed by atoms with E-state index in [1.165, 1.54) is 0 Å². The highest BCUT2D eigenvalue weighted by atomic mass is 35.5. The number of hydrogen-bond donors (Lipinski definition) is 0. The Kier molecular flexibility index (Phi) is 11.0. The highest BCUT2D eigenvalue weighted by Gasteiger charge is 2.22. The Balaban J connectivity index is 1.20. The summed E-state index contributed by atoms with van der Waals surface area (Å²) in [6.07, 6.45) is 0. The maximum atomic E-state index is 6.21. The molecule has 10 rings (SSSR count). The Hall–Kier alpha value is -7.47. The minimum atomic E-state index is 0.684. The lowest BCUT2D eigenvalue weighted by Gasteiger charge is -2.12. The third-order valence-electron chi connectivity index (χ3n) is 11.1. The van der Waals surface area contributed by atoms with Crippen molar-refractivity contribution in [1.82, 2.24) is 0 Å². The van der Waals surface area contributed by atoms with E-state index in [2.05, 4.69) is 163 Å². The molecule has 0 radical (unpaired) electrons. The van der Waals surface area contributed by atoms with Crippen LogP contribution in [0.3, 0.4) is 0 Å². The van der Waals surface area contributed by atoms with Crippen LogP contribution < -0.4 is 0 Å². The van der Waals surface area contributed by atoms with E-state index in [1.54, 1.807) is 0 Å². The van der Waals surface area contributed by atoms with Gasteiger partial charge in [0.25, 0.3) is 0 Å². The summed E-state index contributed by atoms with van der Waals surface area (Å²) in [6, 6.07) is 68.3. The summed E-state index contributed by atoms with van der Waals surface area (Å²) in [6.45, 7) is 0. The molecule has 0 saturated heterocycles. The fourth-order valence-corrected chi connectivity index (χ4v) is 8.47. The average Bonchev–Trinajstić information content (AvgIpc) is 3.65. The molecule has 0 unspecified atom stereocenters. The minimum absolute atomic E-state index is 0.684. The summed E-state index contributed by atoms with van der Waals surface area (Å²) < 4.78 is 0. The molecule has 6 aliphatic carbocycles. The first-order chi connectivity index (χ1) is 30.9. The second-order valence-electron chi connectivity index (χ2n) is 15.2. The lowest BCUT2D eigenvalue weighted by Crippen LogP contribution is -1.86. The van der Waals surface area contributed by atoms with Gasteiger partial charge < -0.3 is 0 Å². The van der Waals surface area contributed by atoms with Crippen LogP contribution in [-0.4, -0.2) is 0 Å². The van der Waals surface area contributed by atoms with Crippen LogP contribution in [0.25, 0.3) is 66.8 Å². The van der Waals surface area contributed by atoms with E-state index in [1.807, 2.05) is 72.8 Å². The van der Waals surface area contributed by atoms with Gasteiger partial charge in [0, 0.05) is 48.4 Å². The fraction of sp³-hybridized carbons (Fsp3) is 0. The van der Waals surface area contributed by atoms with Crippen molar-refractivity contribution < 1.29 is 0 Å². The predicted molar refractivity (Wildman–Crippen MR) is 265 cm³/mol. The van der Waals surface area contributed by atoms with Crippen molar-refractivity contribution in [2.24, 2.45) is 0 Å². The summed E-state index contributed by atoms with van der Waals surface area (Å²) in [5, 5.41) is 2.05. The van der Waals surface area contributed by atoms with Crippen LogP contribution in [-0.2, 0) is 0 Å². The second-order valence-corrected chi connectivity index (χ2v) is 16.5. The van der Waals surface area contributed by atoms with Crippen molar-refractivity contribution >= 4 is 34.8 Å². The Morgan fingerprint density at radius 1 is 0.222 bits per heavy atom. The highest BCUT2D eigenvalue weighted by Crippen LogP contribution is 2.46. The monoisotopic (exact) mass is 858 g/mol. The van der Waals surface area contributed by atoms with Gasteiger partial charge in [-0.2, -0.15) is 0 Å². The molecule has 0 aliphatic heterocycles. The molecular weight excluding hydrogens is 827 g/mol. The van der Waals surface area contributed by atoms with E-state index in [0.29, 0.717) is 15.1 Å². The molecule has 6 aliphatic rings. The van der Waals surface area contributed by atoms with Gasteiger partial charge in [-0.3, -0.25) is 0 Å². The van der Waals surface area contributed by atoms with E-state index in [-0.39, 0.29) is 0 Å². The fourth-order valence-electron chi connectivity index (χ4n) is 8.09. The number of rotatable bonds is 3. The lowest BCUT2D eigenvalue weighted by molar-refractivity contribution is 1.62. The molecule has 63 heavy (non-hydrogen) atoms. The Bertz CT molecular complexity index is 3040. The molecule has 0 atom stereocenters. The molecule has 0 heterocycles. The zero-order valence-electron chi connectivity index (χ0n) is 33.7. The minimum Gasteiger partial charge on any atom is -0.0843 e. The highest BCUT2D eigenvalue weighted by molar-refractivity contribution is 6.31. The van der Waals surface area contributed by atoms with Crippen LogP contribution in [0.2, 0.25) is 15.1 Å². The summed E-state index contributed by atoms with van der Waals surface area (Å²) in [5.74, 6) is 20.7. The standard InChI is InChI=1S/C60H33Cl3/c61-49-28-19-40(20-29-49)16-25-43-37-58(55-13-7-1-4-10-52(43)55)46-34-47(59-38-44(53-11-5-2-8-14-56(53)59)26-17-41-21-30-50(62)31-22-41)36-48(35-46)60-39-45(54-12-6-3-9-15-57(54)60)27-18-42-23-32-51(63)33-24-42/h1-15,19-24,28-39H. The quantitative estimate of drug-likeness (QED) is 0.155. The normalized spacial score (nSPS) is 10.7. The third-order valence-corrected chi connectivity index (χ3v) is 11.9. The van der Waals surface area contributed by atoms with Crippen molar-refractivity contribution in [3.05, 3.63) is 249 Å². The SMILES string of the molecule is Clc1ccc(C#Cc2cc(-c3cc(-c4cc(C#Cc5ccc(Cl)cc5)c5cccccc4-5)cc(-c4cc(C#Cc5ccc(Cl)cc5)c5cccccc4-5)c3)c3cccccc2-3)cc1. The average molecular weight is 860 g/mol. The Morgan fingerprint density at radius 3 is 0.746 bits per heavy atom. The summed E-state index contributed by atoms with van der Waals surface area (Å²) in [4.78, 5) is 0. The van der Waals surface area contributed by atoms with Gasteiger partial charge in [0.05, 0.1) is 0 Å². The first-order valence-corrected chi connectivity index (χ1v) is 21.6. The molecule has 3 heteroatoms. The van der Waals surface area contributed by atoms with Crippen molar-refractivity contribution in [3.63, 3.8) is 0 Å². The first-order valence-electron chi connectivity index (χ1n) is 20.5. The smallest absolute Gasteiger partial charge is 0.0406 e. The number of hydrogen-bond acceptors (Lipinski definition) is 0. The van der Waals surface area contributed by atoms with Crippen molar-refractivity contribution in [1.29, 1.82) is 0 Å². The molecule has 0 saturated carbocycles. The molecule has 0 spiro atoms. The number of benzene rings is 4. The summed E-state index contributed by atoms with van der Waals surface area (Å²) in [5.41, 5.74) is 18.7. The van der Waals surface area contributed by atoms with Crippen molar-refractivity contribution in [3.8, 4) is 102 Å². The van der Waals surface area contributed by atoms with Gasteiger partial charge in [-0.25, -0.2) is 0 Å². The van der Waals surface area contributed by atoms with Gasteiger partial charge in [-0.1, -0.05) is 161 Å². The van der Waals surface area contributed by atoms with Crippen LogP contribution in [0.15, 0.2) is 200 Å². The molecule has 0 N–H and O–H groups in total. The predicted octanol–water partition coefficient (Wildman–Crippen LogP) is 16.2. The van der Waals surface area contributed by atoms with E-state index < -0.39 is 0 Å². The third kappa shape index (κ3) is 8.44. The Morgan fingerprint density at radius 2 is 0.476 bits per heavy atom. The summed E-state index contributed by atoms with van der Waals surface area (Å²) >= 11 is 18.6. The van der Waals surface area contributed by atoms with Gasteiger partial charge in [-0.15, -0.1) is 0 Å². The van der Waals surface area contributed by atoms with E-state index in [4.69, 9.17) is 34.8 Å². The molecule has 0 bridgehead atoms. The molecule has 4 aromatic carbocycles. The topological polar surface area (TPSA) is 0 Å². The maximum absolute atomic E-state index is 6.21. The van der Waals surface area contributed by atoms with Crippen LogP contribution in [0.5, 0.6) is 0 Å². The van der Waals surface area contributed by atoms with Crippen molar-refractivity contribution in [2.45, 2.75) is 0 Å². The summed E-state index contributed by atoms with van der Waals surface area (Å²) in [7, 11) is 0. The zero-order chi connectivity index (χ0) is 42.7. The van der Waals surface area contributed by atoms with Gasteiger partial charge in [0.15, 0.2) is 0 Å². The maximum Gasteiger partial charge on any atom is 0.0406 e. The van der Waals surface area contributed by atoms with E-state index >= 15 is 0 Å². The number of fused-ring (bicyclic) bond motifs is 3. The van der Waals surface area contributed by atoms with Crippen LogP contribution in [0, 0.1) is 35.5 Å². The van der Waals surface area contributed by atoms with Gasteiger partial charge in [0.1, 0.15) is 0 Å². The second kappa shape index (κ2) is 17.5. The van der Waals surface area contributed by atoms with Crippen LogP contribution in [0.4, 0.5) is 0 Å². The van der Waals surface area contributed by atoms with Gasteiger partial charge in [0.2, 0.25) is 0 Å². The van der Waals surface area contributed by atoms with E-state index in [9.17, 15) is 0 Å². The van der Waals surface area contributed by atoms with Crippen molar-refractivity contribution in [2.75, 3.05) is 0 Å². The zero-order valence-corrected chi connectivity index (χ0v) is 36.0. The molecule has 4 aromatic rings. The molecular formula is C60H33Cl3. The molecule has 0 aromatic heterocycles. The molecule has 294 valence electrons. The van der Waals surface area contributed by atoms with Crippen LogP contribution >= 0.6 is 34.8 Å². The molecule has 0 fully saturated rings. The largest absolute Gasteiger partial charge is 0.0843 e. The van der Waals surface area contributed by atoms with E-state index in [0.717, 1.165) is 100 Å². The van der Waals surface area contributed by atoms with Gasteiger partial charge >= 0.3 is 0 Å². The molecule has 0 nitrogen and oxygen atoms in total. The lowest BCUT2D eigenvalue weighted by atomic mass is 9.91. The first kappa shape index (κ1) is 39.7. The van der Waals surface area contributed by atoms with Crippen LogP contribution in [0.1, 0.15) is 33.4 Å². The van der Waals surface area contributed by atoms with Gasteiger partial charge in [-0.05, 0) is 176 Å². The Labute approximate surface area is 383 Å².